The molecule has 1 aromatic carbocycles. The van der Waals surface area contributed by atoms with Gasteiger partial charge in [-0.15, -0.1) is 0 Å². The summed E-state index contributed by atoms with van der Waals surface area (Å²) in [4.78, 5) is 49.6. The second-order valence-electron chi connectivity index (χ2n) is 5.94. The monoisotopic (exact) mass is 375 g/mol. The number of amides is 3. The summed E-state index contributed by atoms with van der Waals surface area (Å²) >= 11 is 0. The molecule has 1 atom stereocenters. The molecule has 27 heavy (non-hydrogen) atoms. The van der Waals surface area contributed by atoms with E-state index in [2.05, 4.69) is 10.6 Å². The molecule has 1 aliphatic rings. The molecule has 0 radical (unpaired) electrons. The van der Waals surface area contributed by atoms with Gasteiger partial charge in [0.1, 0.15) is 6.04 Å². The summed E-state index contributed by atoms with van der Waals surface area (Å²) < 4.78 is 0. The Bertz CT molecular complexity index is 646. The Balaban J connectivity index is 0.00000176. The molecule has 2 rings (SSSR count). The molecule has 1 aromatic rings. The van der Waals surface area contributed by atoms with Crippen LogP contribution < -0.4 is 10.6 Å². The molecular formula is C20H29N3O4. The van der Waals surface area contributed by atoms with E-state index in [4.69, 9.17) is 0 Å². The van der Waals surface area contributed by atoms with Gasteiger partial charge in [0.05, 0.1) is 13.1 Å². The van der Waals surface area contributed by atoms with E-state index in [0.29, 0.717) is 12.1 Å². The van der Waals surface area contributed by atoms with Crippen molar-refractivity contribution >= 4 is 23.5 Å². The molecule has 2 N–H and O–H groups in total. The third-order valence-corrected chi connectivity index (χ3v) is 3.96. The molecule has 1 heterocycles. The highest BCUT2D eigenvalue weighted by Crippen LogP contribution is 2.14. The average Bonchev–Trinajstić information content (AvgIpc) is 2.69. The minimum atomic E-state index is -0.766. The smallest absolute Gasteiger partial charge is 0.252 e. The molecule has 0 bridgehead atoms. The number of Topliss-reactive ketones (excluding diaryl/α,β-unsaturated/α-hetero) is 1. The third kappa shape index (κ3) is 6.94. The maximum atomic E-state index is 12.5. The summed E-state index contributed by atoms with van der Waals surface area (Å²) in [5.74, 6) is -1.51. The SMILES string of the molecule is CC.CCCNCC(=O)NC1CCC(=O)N(CC(=O)c2ccccc2)C1=O. The van der Waals surface area contributed by atoms with Crippen LogP contribution in [0.4, 0.5) is 0 Å². The van der Waals surface area contributed by atoms with E-state index >= 15 is 0 Å². The highest BCUT2D eigenvalue weighted by atomic mass is 16.2. The maximum absolute atomic E-state index is 12.5. The number of hydrogen-bond acceptors (Lipinski definition) is 5. The zero-order chi connectivity index (χ0) is 20.2. The third-order valence-electron chi connectivity index (χ3n) is 3.96. The molecule has 0 aromatic heterocycles. The van der Waals surface area contributed by atoms with Crippen molar-refractivity contribution in [3.63, 3.8) is 0 Å². The zero-order valence-electron chi connectivity index (χ0n) is 16.3. The van der Waals surface area contributed by atoms with Crippen LogP contribution in [0.2, 0.25) is 0 Å². The van der Waals surface area contributed by atoms with Crippen LogP contribution in [0, 0.1) is 0 Å². The van der Waals surface area contributed by atoms with Gasteiger partial charge in [0.2, 0.25) is 11.8 Å². The van der Waals surface area contributed by atoms with E-state index < -0.39 is 11.9 Å². The number of ketones is 1. The van der Waals surface area contributed by atoms with E-state index in [-0.39, 0.29) is 43.5 Å². The summed E-state index contributed by atoms with van der Waals surface area (Å²) in [6, 6.07) is 7.74. The second kappa shape index (κ2) is 12.0. The van der Waals surface area contributed by atoms with Crippen molar-refractivity contribution in [1.82, 2.24) is 15.5 Å². The molecule has 1 saturated heterocycles. The molecule has 0 saturated carbocycles. The lowest BCUT2D eigenvalue weighted by Crippen LogP contribution is -2.56. The standard InChI is InChI=1S/C18H23N3O4.C2H6/c1-2-10-19-11-16(23)20-14-8-9-17(24)21(18(14)25)12-15(22)13-6-4-3-5-7-13;1-2/h3-7,14,19H,2,8-12H2,1H3,(H,20,23);1-2H3. The molecular weight excluding hydrogens is 346 g/mol. The van der Waals surface area contributed by atoms with Crippen molar-refractivity contribution in [2.75, 3.05) is 19.6 Å². The summed E-state index contributed by atoms with van der Waals surface area (Å²) in [7, 11) is 0. The van der Waals surface area contributed by atoms with Gasteiger partial charge in [0.15, 0.2) is 5.78 Å². The number of nitrogens with zero attached hydrogens (tertiary/aromatic N) is 1. The Morgan fingerprint density at radius 3 is 2.44 bits per heavy atom. The van der Waals surface area contributed by atoms with Crippen LogP contribution in [0.5, 0.6) is 0 Å². The van der Waals surface area contributed by atoms with Crippen molar-refractivity contribution < 1.29 is 19.2 Å². The number of carbonyl (C=O) groups excluding carboxylic acids is 4. The molecule has 7 heteroatoms. The van der Waals surface area contributed by atoms with Crippen LogP contribution in [0.15, 0.2) is 30.3 Å². The Kier molecular flexibility index (Phi) is 9.96. The topological polar surface area (TPSA) is 95.6 Å². The van der Waals surface area contributed by atoms with Gasteiger partial charge in [-0.05, 0) is 19.4 Å². The minimum absolute atomic E-state index is 0.120. The first-order valence-corrected chi connectivity index (χ1v) is 9.45. The van der Waals surface area contributed by atoms with Gasteiger partial charge in [-0.1, -0.05) is 51.1 Å². The fourth-order valence-electron chi connectivity index (χ4n) is 2.62. The van der Waals surface area contributed by atoms with E-state index in [0.717, 1.165) is 11.3 Å². The van der Waals surface area contributed by atoms with E-state index in [9.17, 15) is 19.2 Å². The molecule has 0 aliphatic carbocycles. The molecule has 0 spiro atoms. The number of imide groups is 1. The van der Waals surface area contributed by atoms with Crippen LogP contribution in [0.3, 0.4) is 0 Å². The Morgan fingerprint density at radius 1 is 1.15 bits per heavy atom. The van der Waals surface area contributed by atoms with Crippen molar-refractivity contribution in [2.45, 2.75) is 46.1 Å². The van der Waals surface area contributed by atoms with E-state index in [1.54, 1.807) is 30.3 Å². The van der Waals surface area contributed by atoms with Gasteiger partial charge in [-0.3, -0.25) is 24.1 Å². The Morgan fingerprint density at radius 2 is 1.81 bits per heavy atom. The van der Waals surface area contributed by atoms with Crippen LogP contribution in [-0.4, -0.2) is 54.1 Å². The van der Waals surface area contributed by atoms with Gasteiger partial charge in [0.25, 0.3) is 5.91 Å². The number of benzene rings is 1. The lowest BCUT2D eigenvalue weighted by Gasteiger charge is -2.30. The predicted molar refractivity (Wildman–Crippen MR) is 103 cm³/mol. The first-order chi connectivity index (χ1) is 13.0. The molecule has 1 aliphatic heterocycles. The highest BCUT2D eigenvalue weighted by molar-refractivity contribution is 6.07. The lowest BCUT2D eigenvalue weighted by molar-refractivity contribution is -0.150. The quantitative estimate of drug-likeness (QED) is 0.408. The van der Waals surface area contributed by atoms with Crippen molar-refractivity contribution in [3.8, 4) is 0 Å². The lowest BCUT2D eigenvalue weighted by atomic mass is 10.0. The van der Waals surface area contributed by atoms with Gasteiger partial charge in [0, 0.05) is 12.0 Å². The molecule has 148 valence electrons. The van der Waals surface area contributed by atoms with Gasteiger partial charge >= 0.3 is 0 Å². The van der Waals surface area contributed by atoms with Gasteiger partial charge in [-0.2, -0.15) is 0 Å². The summed E-state index contributed by atoms with van der Waals surface area (Å²) in [5.41, 5.74) is 0.443. The summed E-state index contributed by atoms with van der Waals surface area (Å²) in [6.45, 7) is 6.52. The zero-order valence-corrected chi connectivity index (χ0v) is 16.3. The van der Waals surface area contributed by atoms with Crippen molar-refractivity contribution in [3.05, 3.63) is 35.9 Å². The summed E-state index contributed by atoms with van der Waals surface area (Å²) in [5, 5.41) is 5.59. The number of rotatable bonds is 8. The molecule has 1 fully saturated rings. The van der Waals surface area contributed by atoms with Gasteiger partial charge < -0.3 is 10.6 Å². The largest absolute Gasteiger partial charge is 0.343 e. The van der Waals surface area contributed by atoms with E-state index in [1.807, 2.05) is 20.8 Å². The first kappa shape index (κ1) is 22.5. The fraction of sp³-hybridized carbons (Fsp3) is 0.500. The van der Waals surface area contributed by atoms with E-state index in [1.165, 1.54) is 0 Å². The van der Waals surface area contributed by atoms with Crippen LogP contribution >= 0.6 is 0 Å². The van der Waals surface area contributed by atoms with Crippen LogP contribution in [0.25, 0.3) is 0 Å². The van der Waals surface area contributed by atoms with Crippen molar-refractivity contribution in [2.24, 2.45) is 0 Å². The van der Waals surface area contributed by atoms with Crippen LogP contribution in [-0.2, 0) is 14.4 Å². The molecule has 3 amide bonds. The Hall–Kier alpha value is -2.54. The first-order valence-electron chi connectivity index (χ1n) is 9.45. The molecule has 1 unspecified atom stereocenters. The van der Waals surface area contributed by atoms with Crippen LogP contribution in [0.1, 0.15) is 50.4 Å². The number of likely N-dealkylation sites (tertiary alicyclic amines) is 1. The predicted octanol–water partition coefficient (Wildman–Crippen LogP) is 1.53. The van der Waals surface area contributed by atoms with Crippen molar-refractivity contribution in [1.29, 1.82) is 0 Å². The maximum Gasteiger partial charge on any atom is 0.252 e. The number of nitrogens with one attached hydrogen (secondary N) is 2. The minimum Gasteiger partial charge on any atom is -0.343 e. The second-order valence-corrected chi connectivity index (χ2v) is 5.94. The fourth-order valence-corrected chi connectivity index (χ4v) is 2.62. The summed E-state index contributed by atoms with van der Waals surface area (Å²) in [6.07, 6.45) is 1.29. The normalized spacial score (nSPS) is 16.4. The average molecular weight is 375 g/mol. The van der Waals surface area contributed by atoms with Gasteiger partial charge in [-0.25, -0.2) is 0 Å². The highest BCUT2D eigenvalue weighted by Gasteiger charge is 2.36. The number of carbonyl (C=O) groups is 4. The number of hydrogen-bond donors (Lipinski definition) is 2. The molecule has 7 nitrogen and oxygen atoms in total. The number of piperidine rings is 1. The Labute approximate surface area is 160 Å².